The summed E-state index contributed by atoms with van der Waals surface area (Å²) in [5.41, 5.74) is 0. The Bertz CT molecular complexity index is 889. The summed E-state index contributed by atoms with van der Waals surface area (Å²) in [5.74, 6) is 0. The highest BCUT2D eigenvalue weighted by molar-refractivity contribution is 5.67. The summed E-state index contributed by atoms with van der Waals surface area (Å²) in [6.07, 6.45) is 56.0. The molecule has 0 aliphatic carbocycles. The number of rotatable bonds is 37. The van der Waals surface area contributed by atoms with Crippen LogP contribution in [0, 0.1) is 0 Å². The third-order valence-electron chi connectivity index (χ3n) is 10.7. The molecule has 1 fully saturated rings. The summed E-state index contributed by atoms with van der Waals surface area (Å²) in [6.45, 7) is 11.3. The van der Waals surface area contributed by atoms with Gasteiger partial charge in [0.1, 0.15) is 0 Å². The lowest BCUT2D eigenvalue weighted by molar-refractivity contribution is 0.0707. The van der Waals surface area contributed by atoms with Crippen molar-refractivity contribution in [1.29, 1.82) is 0 Å². The molecule has 1 rings (SSSR count). The highest BCUT2D eigenvalue weighted by Gasteiger charge is 2.15. The lowest BCUT2D eigenvalue weighted by atomic mass is 10.1. The molecule has 1 amide bonds. The highest BCUT2D eigenvalue weighted by atomic mass is 16.6. The molecule has 1 aliphatic rings. The molecule has 1 saturated heterocycles. The topological polar surface area (TPSA) is 42.0 Å². The first-order chi connectivity index (χ1) is 26.8. The van der Waals surface area contributed by atoms with E-state index in [1.165, 1.54) is 174 Å². The number of unbranched alkanes of at least 4 members (excludes halogenated alkanes) is 18. The van der Waals surface area contributed by atoms with Gasteiger partial charge in [0.15, 0.2) is 0 Å². The van der Waals surface area contributed by atoms with Crippen molar-refractivity contribution in [3.8, 4) is 0 Å². The molecule has 0 aromatic carbocycles. The Labute approximate surface area is 336 Å². The largest absolute Gasteiger partial charge is 0.449 e. The van der Waals surface area contributed by atoms with Crippen molar-refractivity contribution in [2.75, 3.05) is 52.5 Å². The average molecular weight is 755 g/mol. The van der Waals surface area contributed by atoms with Gasteiger partial charge >= 0.3 is 6.09 Å². The molecule has 0 radical (unpaired) electrons. The van der Waals surface area contributed by atoms with Crippen LogP contribution in [-0.4, -0.2) is 68.4 Å². The van der Waals surface area contributed by atoms with Crippen molar-refractivity contribution in [3.63, 3.8) is 0 Å². The van der Waals surface area contributed by atoms with Crippen LogP contribution >= 0.6 is 0 Å². The molecule has 0 bridgehead atoms. The number of amides is 1. The molecule has 0 N–H and O–H groups in total. The fraction of sp³-hybridized carbons (Fsp3) is 0.816. The maximum Gasteiger partial charge on any atom is 0.409 e. The van der Waals surface area contributed by atoms with Crippen molar-refractivity contribution in [3.05, 3.63) is 48.6 Å². The number of hydrogen-bond donors (Lipinski definition) is 0. The second kappa shape index (κ2) is 42.3. The van der Waals surface area contributed by atoms with Gasteiger partial charge in [0.05, 0.1) is 13.2 Å². The summed E-state index contributed by atoms with van der Waals surface area (Å²) >= 11 is 0. The standard InChI is InChI=1S/C49H90N2O3/c1-3-5-7-9-11-13-15-17-19-21-23-25-27-29-34-38-44-51(49(52)54-47-40-43-50-41-36-32-31-33-37-42-50)45-48-53-46-39-35-30-28-26-24-22-20-18-16-14-12-10-8-6-4-2/h11-14,17-20H,3-10,15-16,21-48H2,1-2H3/b13-11-,14-12-,19-17-,20-18-. The summed E-state index contributed by atoms with van der Waals surface area (Å²) in [6, 6.07) is 0. The van der Waals surface area contributed by atoms with E-state index >= 15 is 0 Å². The zero-order valence-electron chi connectivity index (χ0n) is 36.1. The van der Waals surface area contributed by atoms with E-state index in [-0.39, 0.29) is 6.09 Å². The zero-order valence-corrected chi connectivity index (χ0v) is 36.1. The van der Waals surface area contributed by atoms with E-state index in [9.17, 15) is 4.79 Å². The third-order valence-corrected chi connectivity index (χ3v) is 10.7. The molecule has 0 spiro atoms. The van der Waals surface area contributed by atoms with Crippen molar-refractivity contribution in [2.45, 2.75) is 206 Å². The molecule has 5 heteroatoms. The summed E-state index contributed by atoms with van der Waals surface area (Å²) in [4.78, 5) is 17.6. The van der Waals surface area contributed by atoms with E-state index in [1.807, 2.05) is 4.90 Å². The smallest absolute Gasteiger partial charge is 0.409 e. The Balaban J connectivity index is 2.19. The van der Waals surface area contributed by atoms with Crippen molar-refractivity contribution in [2.24, 2.45) is 0 Å². The van der Waals surface area contributed by atoms with Crippen LogP contribution in [0.5, 0.6) is 0 Å². The quantitative estimate of drug-likeness (QED) is 0.0468. The van der Waals surface area contributed by atoms with Gasteiger partial charge in [-0.05, 0) is 109 Å². The Morgan fingerprint density at radius 2 is 0.944 bits per heavy atom. The van der Waals surface area contributed by atoms with Gasteiger partial charge in [0.25, 0.3) is 0 Å². The zero-order chi connectivity index (χ0) is 38.7. The second-order valence-electron chi connectivity index (χ2n) is 15.8. The van der Waals surface area contributed by atoms with Crippen LogP contribution in [0.3, 0.4) is 0 Å². The van der Waals surface area contributed by atoms with E-state index in [4.69, 9.17) is 9.47 Å². The van der Waals surface area contributed by atoms with Gasteiger partial charge in [-0.1, -0.05) is 159 Å². The van der Waals surface area contributed by atoms with Crippen LogP contribution in [0.15, 0.2) is 48.6 Å². The number of nitrogens with zero attached hydrogens (tertiary/aromatic N) is 2. The van der Waals surface area contributed by atoms with Crippen molar-refractivity contribution in [1.82, 2.24) is 9.80 Å². The fourth-order valence-electron chi connectivity index (χ4n) is 7.13. The van der Waals surface area contributed by atoms with Crippen LogP contribution in [-0.2, 0) is 9.47 Å². The maximum atomic E-state index is 13.1. The molecule has 0 unspecified atom stereocenters. The molecule has 0 saturated carbocycles. The molecule has 0 atom stereocenters. The number of hydrogen-bond acceptors (Lipinski definition) is 4. The number of carbonyl (C=O) groups is 1. The molecule has 1 heterocycles. The minimum atomic E-state index is -0.150. The predicted molar refractivity (Wildman–Crippen MR) is 237 cm³/mol. The van der Waals surface area contributed by atoms with Gasteiger partial charge in [-0.25, -0.2) is 4.79 Å². The lowest BCUT2D eigenvalue weighted by Gasteiger charge is -2.25. The Hall–Kier alpha value is -1.85. The van der Waals surface area contributed by atoms with E-state index in [0.717, 1.165) is 51.8 Å². The predicted octanol–water partition coefficient (Wildman–Crippen LogP) is 14.7. The Kier molecular flexibility index (Phi) is 39.3. The van der Waals surface area contributed by atoms with Gasteiger partial charge < -0.3 is 19.3 Å². The molecular formula is C49H90N2O3. The Morgan fingerprint density at radius 3 is 1.48 bits per heavy atom. The summed E-state index contributed by atoms with van der Waals surface area (Å²) in [7, 11) is 0. The number of likely N-dealkylation sites (tertiary alicyclic amines) is 1. The minimum Gasteiger partial charge on any atom is -0.449 e. The summed E-state index contributed by atoms with van der Waals surface area (Å²) < 4.78 is 11.8. The van der Waals surface area contributed by atoms with Crippen molar-refractivity contribution < 1.29 is 14.3 Å². The van der Waals surface area contributed by atoms with Crippen molar-refractivity contribution >= 4 is 6.09 Å². The first kappa shape index (κ1) is 50.2. The number of carbonyl (C=O) groups excluding carboxylic acids is 1. The molecule has 0 aromatic heterocycles. The van der Waals surface area contributed by atoms with E-state index in [2.05, 4.69) is 67.4 Å². The van der Waals surface area contributed by atoms with E-state index in [0.29, 0.717) is 19.8 Å². The van der Waals surface area contributed by atoms with Gasteiger partial charge in [0, 0.05) is 26.2 Å². The van der Waals surface area contributed by atoms with Crippen LogP contribution in [0.2, 0.25) is 0 Å². The minimum absolute atomic E-state index is 0.150. The van der Waals surface area contributed by atoms with Gasteiger partial charge in [-0.3, -0.25) is 0 Å². The van der Waals surface area contributed by atoms with Gasteiger partial charge in [-0.15, -0.1) is 0 Å². The van der Waals surface area contributed by atoms with Crippen LogP contribution < -0.4 is 0 Å². The third kappa shape index (κ3) is 35.8. The highest BCUT2D eigenvalue weighted by Crippen LogP contribution is 2.13. The van der Waals surface area contributed by atoms with Crippen LogP contribution in [0.25, 0.3) is 0 Å². The molecule has 5 nitrogen and oxygen atoms in total. The van der Waals surface area contributed by atoms with Crippen LogP contribution in [0.4, 0.5) is 4.79 Å². The monoisotopic (exact) mass is 755 g/mol. The molecule has 0 aromatic rings. The number of ether oxygens (including phenoxy) is 2. The number of allylic oxidation sites excluding steroid dienone is 8. The SMILES string of the molecule is CCCCC/C=C\C/C=C\CCCCCCCCOCCN(CCCCCCCC/C=C\C/C=C\CCCCC)C(=O)OCCCN1CCCCCCC1. The fourth-order valence-corrected chi connectivity index (χ4v) is 7.13. The van der Waals surface area contributed by atoms with Gasteiger partial charge in [0.2, 0.25) is 0 Å². The van der Waals surface area contributed by atoms with Crippen LogP contribution in [0.1, 0.15) is 206 Å². The molecule has 54 heavy (non-hydrogen) atoms. The Morgan fingerprint density at radius 1 is 0.481 bits per heavy atom. The molecule has 1 aliphatic heterocycles. The first-order valence-electron chi connectivity index (χ1n) is 23.6. The van der Waals surface area contributed by atoms with E-state index < -0.39 is 0 Å². The maximum absolute atomic E-state index is 13.1. The second-order valence-corrected chi connectivity index (χ2v) is 15.8. The van der Waals surface area contributed by atoms with E-state index in [1.54, 1.807) is 0 Å². The normalized spacial score (nSPS) is 14.6. The first-order valence-corrected chi connectivity index (χ1v) is 23.6. The summed E-state index contributed by atoms with van der Waals surface area (Å²) in [5, 5.41) is 0. The lowest BCUT2D eigenvalue weighted by Crippen LogP contribution is -2.36. The molecule has 314 valence electrons. The van der Waals surface area contributed by atoms with Gasteiger partial charge in [-0.2, -0.15) is 0 Å². The average Bonchev–Trinajstić information content (AvgIpc) is 3.16. The molecular weight excluding hydrogens is 665 g/mol.